The molecule has 3 aromatic rings. The summed E-state index contributed by atoms with van der Waals surface area (Å²) >= 11 is 1.71. The molecule has 1 aliphatic heterocycles. The highest BCUT2D eigenvalue weighted by atomic mass is 32.1. The van der Waals surface area contributed by atoms with E-state index in [0.717, 1.165) is 36.5 Å². The van der Waals surface area contributed by atoms with Gasteiger partial charge in [0.2, 0.25) is 5.91 Å². The Morgan fingerprint density at radius 1 is 1.24 bits per heavy atom. The first-order valence-corrected chi connectivity index (χ1v) is 10.3. The molecule has 4 rings (SSSR count). The van der Waals surface area contributed by atoms with Crippen LogP contribution in [0.2, 0.25) is 0 Å². The fraction of sp³-hybridized carbons (Fsp3) is 0.333. The summed E-state index contributed by atoms with van der Waals surface area (Å²) < 4.78 is 30.7. The fourth-order valence-corrected chi connectivity index (χ4v) is 4.72. The predicted molar refractivity (Wildman–Crippen MR) is 110 cm³/mol. The number of aromatic nitrogens is 1. The van der Waals surface area contributed by atoms with Crippen LogP contribution in [0.1, 0.15) is 23.8 Å². The number of nitrogens with one attached hydrogen (secondary N) is 1. The molecule has 0 unspecified atom stereocenters. The molecule has 1 fully saturated rings. The van der Waals surface area contributed by atoms with Crippen LogP contribution in [0.15, 0.2) is 48.5 Å². The van der Waals surface area contributed by atoms with Crippen molar-refractivity contribution in [1.82, 2.24) is 9.88 Å². The third-order valence-corrected chi connectivity index (χ3v) is 6.11. The molecule has 152 valence electrons. The van der Waals surface area contributed by atoms with E-state index in [9.17, 15) is 13.6 Å². The van der Waals surface area contributed by atoms with Crippen LogP contribution in [0.5, 0.6) is 5.75 Å². The van der Waals surface area contributed by atoms with Gasteiger partial charge in [-0.2, -0.15) is 8.78 Å². The zero-order valence-corrected chi connectivity index (χ0v) is 16.5. The third kappa shape index (κ3) is 4.89. The molecule has 29 heavy (non-hydrogen) atoms. The van der Waals surface area contributed by atoms with Crippen molar-refractivity contribution in [1.29, 1.82) is 0 Å². The van der Waals surface area contributed by atoms with Crippen LogP contribution in [0, 0.1) is 0 Å². The topological polar surface area (TPSA) is 54.5 Å². The number of halogens is 2. The van der Waals surface area contributed by atoms with Crippen LogP contribution >= 0.6 is 11.3 Å². The lowest BCUT2D eigenvalue weighted by molar-refractivity contribution is -0.117. The molecule has 1 aliphatic rings. The predicted octanol–water partition coefficient (Wildman–Crippen LogP) is 4.72. The summed E-state index contributed by atoms with van der Waals surface area (Å²) in [4.78, 5) is 19.3. The van der Waals surface area contributed by atoms with E-state index in [1.165, 1.54) is 10.8 Å². The van der Waals surface area contributed by atoms with E-state index in [2.05, 4.69) is 21.0 Å². The number of carbonyl (C=O) groups is 1. The van der Waals surface area contributed by atoms with Crippen LogP contribution in [0.4, 0.5) is 14.5 Å². The number of hydrogen-bond acceptors (Lipinski definition) is 5. The number of benzene rings is 2. The van der Waals surface area contributed by atoms with Gasteiger partial charge in [-0.3, -0.25) is 9.69 Å². The summed E-state index contributed by atoms with van der Waals surface area (Å²) in [6.45, 7) is -1.17. The number of rotatable bonds is 6. The molecule has 0 aliphatic carbocycles. The van der Waals surface area contributed by atoms with Crippen molar-refractivity contribution in [2.45, 2.75) is 25.4 Å². The Labute approximate surface area is 171 Å². The van der Waals surface area contributed by atoms with Crippen molar-refractivity contribution in [2.75, 3.05) is 25.0 Å². The van der Waals surface area contributed by atoms with Crippen LogP contribution in [0.3, 0.4) is 0 Å². The molecule has 1 atom stereocenters. The maximum Gasteiger partial charge on any atom is 0.387 e. The van der Waals surface area contributed by atoms with Crippen molar-refractivity contribution >= 4 is 33.1 Å². The van der Waals surface area contributed by atoms with E-state index < -0.39 is 6.61 Å². The molecule has 1 amide bonds. The van der Waals surface area contributed by atoms with E-state index in [1.54, 1.807) is 29.5 Å². The number of anilines is 1. The quantitative estimate of drug-likeness (QED) is 0.631. The van der Waals surface area contributed by atoms with Gasteiger partial charge in [0.1, 0.15) is 5.75 Å². The lowest BCUT2D eigenvalue weighted by Gasteiger charge is -2.31. The number of alkyl halides is 2. The minimum atomic E-state index is -2.94. The molecular formula is C21H21F2N3O2S. The van der Waals surface area contributed by atoms with Crippen molar-refractivity contribution in [3.63, 3.8) is 0 Å². The smallest absolute Gasteiger partial charge is 0.387 e. The van der Waals surface area contributed by atoms with Gasteiger partial charge < -0.3 is 10.1 Å². The van der Waals surface area contributed by atoms with Crippen LogP contribution in [-0.2, 0) is 4.79 Å². The van der Waals surface area contributed by atoms with Gasteiger partial charge in [-0.05, 0) is 43.7 Å². The zero-order valence-electron chi connectivity index (χ0n) is 15.7. The Bertz CT molecular complexity index is 962. The molecule has 0 bridgehead atoms. The minimum Gasteiger partial charge on any atom is -0.433 e. The maximum absolute atomic E-state index is 12.5. The summed E-state index contributed by atoms with van der Waals surface area (Å²) in [6.07, 6.45) is 2.03. The number of fused-ring (bicyclic) bond motifs is 1. The summed E-state index contributed by atoms with van der Waals surface area (Å²) in [5.74, 6) is 0.00511. The second-order valence-electron chi connectivity index (χ2n) is 7.02. The standard InChI is InChI=1S/C21H21F2N3O2S/c22-21(23)28-17-9-3-1-7-15(17)24-19(27)13-26-11-5-6-14(12-26)20-25-16-8-2-4-10-18(16)29-20/h1-4,7-10,14,21H,5-6,11-13H2,(H,24,27)/t14-/m0/s1. The van der Waals surface area contributed by atoms with Crippen LogP contribution < -0.4 is 10.1 Å². The number of nitrogens with zero attached hydrogens (tertiary/aromatic N) is 2. The van der Waals surface area contributed by atoms with E-state index in [0.29, 0.717) is 5.92 Å². The van der Waals surface area contributed by atoms with Gasteiger partial charge in [-0.15, -0.1) is 11.3 Å². The normalized spacial score (nSPS) is 17.6. The summed E-state index contributed by atoms with van der Waals surface area (Å²) in [7, 11) is 0. The van der Waals surface area contributed by atoms with Crippen LogP contribution in [-0.4, -0.2) is 42.0 Å². The number of hydrogen-bond donors (Lipinski definition) is 1. The molecule has 8 heteroatoms. The van der Waals surface area contributed by atoms with E-state index in [4.69, 9.17) is 4.98 Å². The zero-order chi connectivity index (χ0) is 20.2. The van der Waals surface area contributed by atoms with Gasteiger partial charge in [0.05, 0.1) is 27.5 Å². The molecule has 1 N–H and O–H groups in total. The average Bonchev–Trinajstić information content (AvgIpc) is 3.14. The number of thiazole rings is 1. The minimum absolute atomic E-state index is 0.0400. The van der Waals surface area contributed by atoms with E-state index in [-0.39, 0.29) is 23.9 Å². The largest absolute Gasteiger partial charge is 0.433 e. The number of para-hydroxylation sites is 3. The summed E-state index contributed by atoms with van der Waals surface area (Å²) in [6, 6.07) is 14.3. The number of carbonyl (C=O) groups excluding carboxylic acids is 1. The Kier molecular flexibility index (Phi) is 6.01. The molecular weight excluding hydrogens is 396 g/mol. The maximum atomic E-state index is 12.5. The number of amides is 1. The average molecular weight is 417 g/mol. The van der Waals surface area contributed by atoms with Crippen LogP contribution in [0.25, 0.3) is 10.2 Å². The Balaban J connectivity index is 1.39. The Morgan fingerprint density at radius 3 is 2.86 bits per heavy atom. The molecule has 2 aromatic carbocycles. The highest BCUT2D eigenvalue weighted by molar-refractivity contribution is 7.18. The third-order valence-electron chi connectivity index (χ3n) is 4.91. The van der Waals surface area contributed by atoms with Gasteiger partial charge >= 0.3 is 6.61 Å². The van der Waals surface area contributed by atoms with Crippen molar-refractivity contribution in [3.8, 4) is 5.75 Å². The number of likely N-dealkylation sites (tertiary alicyclic amines) is 1. The highest BCUT2D eigenvalue weighted by Gasteiger charge is 2.25. The fourth-order valence-electron chi connectivity index (χ4n) is 3.63. The first-order valence-electron chi connectivity index (χ1n) is 9.50. The summed E-state index contributed by atoms with van der Waals surface area (Å²) in [5.41, 5.74) is 1.26. The van der Waals surface area contributed by atoms with E-state index in [1.807, 2.05) is 18.2 Å². The van der Waals surface area contributed by atoms with Gasteiger partial charge in [0.15, 0.2) is 0 Å². The van der Waals surface area contributed by atoms with Gasteiger partial charge in [0.25, 0.3) is 0 Å². The lowest BCUT2D eigenvalue weighted by atomic mass is 9.99. The first kappa shape index (κ1) is 19.7. The van der Waals surface area contributed by atoms with Crippen molar-refractivity contribution in [2.24, 2.45) is 0 Å². The second kappa shape index (κ2) is 8.84. The van der Waals surface area contributed by atoms with Crippen molar-refractivity contribution < 1.29 is 18.3 Å². The highest BCUT2D eigenvalue weighted by Crippen LogP contribution is 2.33. The molecule has 5 nitrogen and oxygen atoms in total. The molecule has 0 radical (unpaired) electrons. The first-order chi connectivity index (χ1) is 14.1. The summed E-state index contributed by atoms with van der Waals surface area (Å²) in [5, 5.41) is 3.79. The molecule has 0 saturated carbocycles. The molecule has 0 spiro atoms. The van der Waals surface area contributed by atoms with Gasteiger partial charge in [0, 0.05) is 12.5 Å². The molecule has 1 saturated heterocycles. The molecule has 1 aromatic heterocycles. The van der Waals surface area contributed by atoms with E-state index >= 15 is 0 Å². The number of ether oxygens (including phenoxy) is 1. The van der Waals surface area contributed by atoms with Crippen molar-refractivity contribution in [3.05, 3.63) is 53.5 Å². The second-order valence-corrected chi connectivity index (χ2v) is 8.08. The monoisotopic (exact) mass is 417 g/mol. The Morgan fingerprint density at radius 2 is 2.03 bits per heavy atom. The number of piperidine rings is 1. The van der Waals surface area contributed by atoms with Gasteiger partial charge in [-0.1, -0.05) is 24.3 Å². The lowest BCUT2D eigenvalue weighted by Crippen LogP contribution is -2.39. The SMILES string of the molecule is O=C(CN1CCC[C@H](c2nc3ccccc3s2)C1)Nc1ccccc1OC(F)F. The Hall–Kier alpha value is -2.58. The molecule has 2 heterocycles. The van der Waals surface area contributed by atoms with Gasteiger partial charge in [-0.25, -0.2) is 4.98 Å².